The molecule has 1 aromatic carbocycles. The van der Waals surface area contributed by atoms with E-state index in [2.05, 4.69) is 20.5 Å². The number of H-pyrrole nitrogens is 1. The Morgan fingerprint density at radius 1 is 1.28 bits per heavy atom. The fourth-order valence-electron chi connectivity index (χ4n) is 3.00. The van der Waals surface area contributed by atoms with Crippen molar-refractivity contribution in [3.63, 3.8) is 0 Å². The topological polar surface area (TPSA) is 89.2 Å². The number of aromatic amines is 1. The maximum absolute atomic E-state index is 12.7. The van der Waals surface area contributed by atoms with Gasteiger partial charge in [-0.2, -0.15) is 5.10 Å². The van der Waals surface area contributed by atoms with Crippen molar-refractivity contribution >= 4 is 23.8 Å². The van der Waals surface area contributed by atoms with Gasteiger partial charge in [0.15, 0.2) is 10.6 Å². The number of hydrogen-bond donors (Lipinski definition) is 2. The van der Waals surface area contributed by atoms with Gasteiger partial charge in [0.05, 0.1) is 17.8 Å². The van der Waals surface area contributed by atoms with Crippen LogP contribution in [-0.2, 0) is 20.2 Å². The largest absolute Gasteiger partial charge is 0.486 e. The summed E-state index contributed by atoms with van der Waals surface area (Å²) < 4.78 is 10.1. The number of rotatable bonds is 6. The highest BCUT2D eigenvalue weighted by atomic mass is 32.1. The van der Waals surface area contributed by atoms with E-state index in [-0.39, 0.29) is 19.1 Å². The molecule has 0 bridgehead atoms. The van der Waals surface area contributed by atoms with Gasteiger partial charge in [0.1, 0.15) is 18.0 Å². The standard InChI is InChI=1S/C20H20N6O2S/c1-13-6-5-9-26-11-14(22-18(13)26)12-28-16-8-4-3-7-15(16)19(27)21-10-17-23-24-20(29)25(17)2/h3-9,11H,10,12H2,1-2H3,(H,21,27)(H,24,29). The van der Waals surface area contributed by atoms with Crippen LogP contribution in [0.2, 0.25) is 0 Å². The molecule has 0 radical (unpaired) electrons. The Kier molecular flexibility index (Phi) is 5.13. The van der Waals surface area contributed by atoms with Crippen molar-refractivity contribution in [3.05, 3.63) is 76.2 Å². The molecule has 4 rings (SSSR count). The lowest BCUT2D eigenvalue weighted by Gasteiger charge is -2.10. The zero-order chi connectivity index (χ0) is 20.4. The Balaban J connectivity index is 1.47. The van der Waals surface area contributed by atoms with Gasteiger partial charge in [0, 0.05) is 19.4 Å². The van der Waals surface area contributed by atoms with Crippen molar-refractivity contribution in [2.75, 3.05) is 0 Å². The summed E-state index contributed by atoms with van der Waals surface area (Å²) in [6.07, 6.45) is 3.87. The summed E-state index contributed by atoms with van der Waals surface area (Å²) >= 11 is 5.09. The lowest BCUT2D eigenvalue weighted by molar-refractivity contribution is 0.0945. The first kappa shape index (κ1) is 18.9. The molecule has 4 aromatic rings. The van der Waals surface area contributed by atoms with Gasteiger partial charge in [-0.1, -0.05) is 18.2 Å². The van der Waals surface area contributed by atoms with Gasteiger partial charge >= 0.3 is 0 Å². The van der Waals surface area contributed by atoms with Crippen molar-refractivity contribution in [3.8, 4) is 5.75 Å². The van der Waals surface area contributed by atoms with Crippen LogP contribution in [0.4, 0.5) is 0 Å². The van der Waals surface area contributed by atoms with Crippen molar-refractivity contribution in [1.29, 1.82) is 0 Å². The average Bonchev–Trinajstić information content (AvgIpc) is 3.29. The normalized spacial score (nSPS) is 11.0. The number of aromatic nitrogens is 5. The van der Waals surface area contributed by atoms with E-state index in [0.29, 0.717) is 21.9 Å². The molecule has 0 unspecified atom stereocenters. The van der Waals surface area contributed by atoms with Gasteiger partial charge in [-0.05, 0) is 42.9 Å². The summed E-state index contributed by atoms with van der Waals surface area (Å²) in [6.45, 7) is 2.53. The third-order valence-electron chi connectivity index (χ3n) is 4.61. The first-order valence-electron chi connectivity index (χ1n) is 9.06. The molecule has 3 heterocycles. The lowest BCUT2D eigenvalue weighted by atomic mass is 10.2. The quantitative estimate of drug-likeness (QED) is 0.479. The van der Waals surface area contributed by atoms with E-state index in [4.69, 9.17) is 17.0 Å². The summed E-state index contributed by atoms with van der Waals surface area (Å²) in [5.74, 6) is 0.885. The summed E-state index contributed by atoms with van der Waals surface area (Å²) in [5.41, 5.74) is 3.22. The molecule has 9 heteroatoms. The monoisotopic (exact) mass is 408 g/mol. The zero-order valence-electron chi connectivity index (χ0n) is 16.0. The van der Waals surface area contributed by atoms with Crippen LogP contribution in [0.3, 0.4) is 0 Å². The molecule has 2 N–H and O–H groups in total. The van der Waals surface area contributed by atoms with Crippen LogP contribution in [0, 0.1) is 11.7 Å². The molecule has 8 nitrogen and oxygen atoms in total. The Labute approximate surface area is 172 Å². The van der Waals surface area contributed by atoms with Crippen LogP contribution in [0.15, 0.2) is 48.8 Å². The molecular weight excluding hydrogens is 388 g/mol. The number of imidazole rings is 1. The Bertz CT molecular complexity index is 1240. The highest BCUT2D eigenvalue weighted by molar-refractivity contribution is 7.71. The number of ether oxygens (including phenoxy) is 1. The second kappa shape index (κ2) is 7.88. The average molecular weight is 408 g/mol. The van der Waals surface area contributed by atoms with Gasteiger partial charge in [-0.3, -0.25) is 9.89 Å². The summed E-state index contributed by atoms with van der Waals surface area (Å²) in [6, 6.07) is 11.1. The fourth-order valence-corrected chi connectivity index (χ4v) is 3.15. The highest BCUT2D eigenvalue weighted by Crippen LogP contribution is 2.20. The Morgan fingerprint density at radius 2 is 2.10 bits per heavy atom. The Hall–Kier alpha value is -3.46. The van der Waals surface area contributed by atoms with Crippen LogP contribution >= 0.6 is 12.2 Å². The number of hydrogen-bond acceptors (Lipinski definition) is 5. The second-order valence-corrected chi connectivity index (χ2v) is 7.01. The van der Waals surface area contributed by atoms with E-state index in [1.807, 2.05) is 41.9 Å². The minimum Gasteiger partial charge on any atom is -0.486 e. The van der Waals surface area contributed by atoms with Crippen LogP contribution in [0.25, 0.3) is 5.65 Å². The molecule has 0 saturated heterocycles. The third kappa shape index (κ3) is 3.90. The van der Waals surface area contributed by atoms with Gasteiger partial charge in [0.2, 0.25) is 0 Å². The van der Waals surface area contributed by atoms with Crippen LogP contribution in [0.1, 0.15) is 27.4 Å². The van der Waals surface area contributed by atoms with E-state index in [1.54, 1.807) is 29.8 Å². The van der Waals surface area contributed by atoms with Crippen molar-refractivity contribution in [2.45, 2.75) is 20.1 Å². The van der Waals surface area contributed by atoms with Gasteiger partial charge in [0.25, 0.3) is 5.91 Å². The van der Waals surface area contributed by atoms with Crippen LogP contribution in [-0.4, -0.2) is 30.1 Å². The van der Waals surface area contributed by atoms with E-state index in [0.717, 1.165) is 16.9 Å². The maximum atomic E-state index is 12.7. The SMILES string of the molecule is Cc1cccn2cc(COc3ccccc3C(=O)NCc3n[nH]c(=S)n3C)nc12. The fraction of sp³-hybridized carbons (Fsp3) is 0.200. The predicted octanol–water partition coefficient (Wildman–Crippen LogP) is 2.94. The van der Waals surface area contributed by atoms with E-state index < -0.39 is 0 Å². The van der Waals surface area contributed by atoms with Gasteiger partial charge < -0.3 is 19.0 Å². The molecule has 0 spiro atoms. The zero-order valence-corrected chi connectivity index (χ0v) is 16.9. The van der Waals surface area contributed by atoms with Crippen molar-refractivity contribution in [2.24, 2.45) is 7.05 Å². The van der Waals surface area contributed by atoms with Crippen LogP contribution in [0.5, 0.6) is 5.75 Å². The summed E-state index contributed by atoms with van der Waals surface area (Å²) in [5, 5.41) is 9.64. The number of carbonyl (C=O) groups excluding carboxylic acids is 1. The maximum Gasteiger partial charge on any atom is 0.255 e. The third-order valence-corrected chi connectivity index (χ3v) is 4.98. The molecule has 0 aliphatic carbocycles. The Morgan fingerprint density at radius 3 is 2.86 bits per heavy atom. The number of nitrogens with one attached hydrogen (secondary N) is 2. The number of aryl methyl sites for hydroxylation is 1. The smallest absolute Gasteiger partial charge is 0.255 e. The number of carbonyl (C=O) groups is 1. The summed E-state index contributed by atoms with van der Waals surface area (Å²) in [4.78, 5) is 17.3. The minimum atomic E-state index is -0.250. The van der Waals surface area contributed by atoms with Crippen molar-refractivity contribution < 1.29 is 9.53 Å². The molecule has 0 aliphatic rings. The highest BCUT2D eigenvalue weighted by Gasteiger charge is 2.14. The molecule has 29 heavy (non-hydrogen) atoms. The molecule has 0 atom stereocenters. The first-order chi connectivity index (χ1) is 14.0. The molecule has 0 aliphatic heterocycles. The molecule has 0 saturated carbocycles. The number of nitrogens with zero attached hydrogens (tertiary/aromatic N) is 4. The number of para-hydroxylation sites is 1. The first-order valence-corrected chi connectivity index (χ1v) is 9.47. The van der Waals surface area contributed by atoms with E-state index >= 15 is 0 Å². The molecule has 148 valence electrons. The minimum absolute atomic E-state index is 0.250. The van der Waals surface area contributed by atoms with E-state index in [1.165, 1.54) is 0 Å². The summed E-state index contributed by atoms with van der Waals surface area (Å²) in [7, 11) is 1.79. The number of fused-ring (bicyclic) bond motifs is 1. The predicted molar refractivity (Wildman–Crippen MR) is 110 cm³/mol. The van der Waals surface area contributed by atoms with Gasteiger partial charge in [-0.25, -0.2) is 4.98 Å². The second-order valence-electron chi connectivity index (χ2n) is 6.63. The van der Waals surface area contributed by atoms with Crippen molar-refractivity contribution in [1.82, 2.24) is 29.5 Å². The van der Waals surface area contributed by atoms with E-state index in [9.17, 15) is 4.79 Å². The number of amides is 1. The molecule has 1 amide bonds. The van der Waals surface area contributed by atoms with Crippen LogP contribution < -0.4 is 10.1 Å². The van der Waals surface area contributed by atoms with Gasteiger partial charge in [-0.15, -0.1) is 0 Å². The lowest BCUT2D eigenvalue weighted by Crippen LogP contribution is -2.25. The number of benzene rings is 1. The number of pyridine rings is 1. The molecule has 0 fully saturated rings. The molecule has 3 aromatic heterocycles. The molecular formula is C20H20N6O2S.